The lowest BCUT2D eigenvalue weighted by Crippen LogP contribution is -2.30. The van der Waals surface area contributed by atoms with E-state index in [0.717, 1.165) is 141 Å². The molecular formula is C71H126O17P2. The van der Waals surface area contributed by atoms with Crippen LogP contribution in [0.4, 0.5) is 0 Å². The second kappa shape index (κ2) is 64.2. The van der Waals surface area contributed by atoms with Crippen LogP contribution in [0.2, 0.25) is 0 Å². The normalized spacial score (nSPS) is 14.5. The minimum Gasteiger partial charge on any atom is -0.462 e. The minimum atomic E-state index is -4.97. The number of hydrogen-bond acceptors (Lipinski definition) is 15. The molecule has 0 aliphatic rings. The van der Waals surface area contributed by atoms with Crippen molar-refractivity contribution < 1.29 is 80.2 Å². The summed E-state index contributed by atoms with van der Waals surface area (Å²) >= 11 is 0. The number of aliphatic hydroxyl groups excluding tert-OH is 1. The zero-order valence-corrected chi connectivity index (χ0v) is 58.3. The molecule has 19 heteroatoms. The summed E-state index contributed by atoms with van der Waals surface area (Å²) in [5, 5.41) is 10.5. The topological polar surface area (TPSA) is 237 Å². The SMILES string of the molecule is CCCCCC/C=C\C=C/CCCCCCCC(=O)OC[C@H](COP(=O)(O)OC[C@@H](O)COP(=O)(O)OC[C@@H](COC(=O)CCCCCCC)OC(=O)CCCCCCC/C=C\C=C/CCCCCC)OC(=O)CCCCCCC/C=C\C=C/CCCCCC. The summed E-state index contributed by atoms with van der Waals surface area (Å²) in [7, 11) is -9.93. The summed E-state index contributed by atoms with van der Waals surface area (Å²) in [5.41, 5.74) is 0. The first-order valence-electron chi connectivity index (χ1n) is 35.2. The third kappa shape index (κ3) is 63.3. The summed E-state index contributed by atoms with van der Waals surface area (Å²) in [5.74, 6) is -2.23. The van der Waals surface area contributed by atoms with E-state index >= 15 is 0 Å². The second-order valence-electron chi connectivity index (χ2n) is 23.6. The molecule has 17 nitrogen and oxygen atoms in total. The Labute approximate surface area is 545 Å². The van der Waals surface area contributed by atoms with Crippen LogP contribution < -0.4 is 0 Å². The fourth-order valence-electron chi connectivity index (χ4n) is 9.25. The molecule has 0 aliphatic carbocycles. The second-order valence-corrected chi connectivity index (χ2v) is 26.5. The minimum absolute atomic E-state index is 0.0757. The Morgan fingerprint density at radius 3 is 0.811 bits per heavy atom. The van der Waals surface area contributed by atoms with Gasteiger partial charge < -0.3 is 33.8 Å². The van der Waals surface area contributed by atoms with Crippen molar-refractivity contribution in [3.05, 3.63) is 72.9 Å². The van der Waals surface area contributed by atoms with E-state index in [1.165, 1.54) is 77.0 Å². The number of phosphoric acid groups is 2. The largest absolute Gasteiger partial charge is 0.472 e. The highest BCUT2D eigenvalue weighted by Gasteiger charge is 2.30. The smallest absolute Gasteiger partial charge is 0.462 e. The fourth-order valence-corrected chi connectivity index (χ4v) is 10.8. The monoisotopic (exact) mass is 1310 g/mol. The van der Waals surface area contributed by atoms with E-state index in [4.69, 9.17) is 37.0 Å². The summed E-state index contributed by atoms with van der Waals surface area (Å²) in [4.78, 5) is 72.2. The molecule has 0 radical (unpaired) electrons. The zero-order valence-electron chi connectivity index (χ0n) is 56.6. The van der Waals surface area contributed by atoms with E-state index in [1.54, 1.807) is 0 Å². The Hall–Kier alpha value is -3.50. The molecule has 0 fully saturated rings. The van der Waals surface area contributed by atoms with Crippen LogP contribution in [0, 0.1) is 0 Å². The predicted molar refractivity (Wildman–Crippen MR) is 363 cm³/mol. The van der Waals surface area contributed by atoms with E-state index in [1.807, 2.05) is 0 Å². The van der Waals surface area contributed by atoms with Crippen molar-refractivity contribution in [2.24, 2.45) is 0 Å². The lowest BCUT2D eigenvalue weighted by atomic mass is 10.1. The first-order valence-corrected chi connectivity index (χ1v) is 38.2. The van der Waals surface area contributed by atoms with Gasteiger partial charge in [0.1, 0.15) is 19.3 Å². The van der Waals surface area contributed by atoms with Gasteiger partial charge in [0.25, 0.3) is 0 Å². The molecule has 0 aliphatic heterocycles. The molecule has 0 bridgehead atoms. The van der Waals surface area contributed by atoms with Crippen molar-refractivity contribution in [1.82, 2.24) is 0 Å². The van der Waals surface area contributed by atoms with Gasteiger partial charge in [0, 0.05) is 25.7 Å². The van der Waals surface area contributed by atoms with Crippen LogP contribution in [0.15, 0.2) is 72.9 Å². The van der Waals surface area contributed by atoms with Crippen LogP contribution >= 0.6 is 15.6 Å². The van der Waals surface area contributed by atoms with Gasteiger partial charge in [0.05, 0.1) is 26.4 Å². The first kappa shape index (κ1) is 86.5. The van der Waals surface area contributed by atoms with Crippen LogP contribution in [0.25, 0.3) is 0 Å². The van der Waals surface area contributed by atoms with Gasteiger partial charge in [-0.15, -0.1) is 0 Å². The Bertz CT molecular complexity index is 2000. The Kier molecular flexibility index (Phi) is 61.7. The van der Waals surface area contributed by atoms with Crippen LogP contribution in [-0.2, 0) is 65.4 Å². The number of esters is 4. The van der Waals surface area contributed by atoms with E-state index in [9.17, 15) is 43.2 Å². The summed E-state index contributed by atoms with van der Waals surface area (Å²) in [6.45, 7) is 4.66. The number of carbonyl (C=O) groups excluding carboxylic acids is 4. The quantitative estimate of drug-likeness (QED) is 0.0169. The molecule has 0 amide bonds. The molecule has 0 spiro atoms. The average molecular weight is 1310 g/mol. The van der Waals surface area contributed by atoms with Crippen molar-refractivity contribution in [3.63, 3.8) is 0 Å². The highest BCUT2D eigenvalue weighted by atomic mass is 31.2. The average Bonchev–Trinajstić information content (AvgIpc) is 3.25. The number of aliphatic hydroxyl groups is 1. The maximum Gasteiger partial charge on any atom is 0.472 e. The number of rotatable bonds is 66. The van der Waals surface area contributed by atoms with Crippen LogP contribution in [0.5, 0.6) is 0 Å². The van der Waals surface area contributed by atoms with Crippen molar-refractivity contribution in [2.45, 2.75) is 316 Å². The number of phosphoric ester groups is 2. The highest BCUT2D eigenvalue weighted by Crippen LogP contribution is 2.45. The predicted octanol–water partition coefficient (Wildman–Crippen LogP) is 19.3. The van der Waals surface area contributed by atoms with Gasteiger partial charge in [-0.1, -0.05) is 242 Å². The maximum atomic E-state index is 13.0. The molecular weight excluding hydrogens is 1190 g/mol. The van der Waals surface area contributed by atoms with Crippen LogP contribution in [-0.4, -0.2) is 96.7 Å². The van der Waals surface area contributed by atoms with Gasteiger partial charge in [-0.25, -0.2) is 9.13 Å². The van der Waals surface area contributed by atoms with Crippen LogP contribution in [0.3, 0.4) is 0 Å². The molecule has 0 rings (SSSR count). The lowest BCUT2D eigenvalue weighted by molar-refractivity contribution is -0.161. The van der Waals surface area contributed by atoms with Gasteiger partial charge in [-0.3, -0.25) is 37.3 Å². The summed E-state index contributed by atoms with van der Waals surface area (Å²) in [6.07, 6.45) is 61.1. The van der Waals surface area contributed by atoms with Gasteiger partial charge in [-0.05, 0) is 103 Å². The number of ether oxygens (including phenoxy) is 4. The van der Waals surface area contributed by atoms with Gasteiger partial charge >= 0.3 is 39.5 Å². The molecule has 0 heterocycles. The molecule has 0 saturated carbocycles. The zero-order chi connectivity index (χ0) is 66.1. The van der Waals surface area contributed by atoms with Crippen molar-refractivity contribution in [2.75, 3.05) is 39.6 Å². The van der Waals surface area contributed by atoms with Crippen molar-refractivity contribution in [1.29, 1.82) is 0 Å². The molecule has 0 aromatic carbocycles. The molecule has 5 atom stereocenters. The Morgan fingerprint density at radius 1 is 0.311 bits per heavy atom. The van der Waals surface area contributed by atoms with Gasteiger partial charge in [0.2, 0.25) is 0 Å². The summed E-state index contributed by atoms with van der Waals surface area (Å²) < 4.78 is 67.9. The molecule has 0 saturated heterocycles. The fraction of sp³-hybridized carbons (Fsp3) is 0.775. The first-order chi connectivity index (χ1) is 43.7. The number of carbonyl (C=O) groups is 4. The van der Waals surface area contributed by atoms with Crippen molar-refractivity contribution in [3.8, 4) is 0 Å². The third-order valence-electron chi connectivity index (χ3n) is 14.7. The Morgan fingerprint density at radius 2 is 0.533 bits per heavy atom. The number of hydrogen-bond donors (Lipinski definition) is 3. The molecule has 522 valence electrons. The number of unbranched alkanes of at least 4 members (excludes halogenated alkanes) is 31. The van der Waals surface area contributed by atoms with Crippen LogP contribution in [0.1, 0.15) is 297 Å². The third-order valence-corrected chi connectivity index (χ3v) is 16.6. The highest BCUT2D eigenvalue weighted by molar-refractivity contribution is 7.47. The molecule has 2 unspecified atom stereocenters. The van der Waals surface area contributed by atoms with E-state index in [0.29, 0.717) is 25.7 Å². The maximum absolute atomic E-state index is 13.0. The van der Waals surface area contributed by atoms with E-state index in [-0.39, 0.29) is 25.7 Å². The summed E-state index contributed by atoms with van der Waals surface area (Å²) in [6, 6.07) is 0. The van der Waals surface area contributed by atoms with E-state index in [2.05, 4.69) is 101 Å². The number of allylic oxidation sites excluding steroid dienone is 12. The Balaban J connectivity index is 5.26. The van der Waals surface area contributed by atoms with Gasteiger partial charge in [0.15, 0.2) is 12.2 Å². The van der Waals surface area contributed by atoms with Crippen molar-refractivity contribution >= 4 is 39.5 Å². The molecule has 0 aromatic rings. The van der Waals surface area contributed by atoms with E-state index < -0.39 is 97.5 Å². The molecule has 3 N–H and O–H groups in total. The standard InChI is InChI=1S/C71H126O17P2/c1-5-9-13-17-20-23-26-29-32-35-38-41-44-48-52-56-69(74)82-62-67(88-71(76)58-54-50-46-43-40-37-34-31-28-25-22-19-15-11-7-3)64-86-90(79,80)84-60-65(72)59-83-89(77,78)85-63-66(61-81-68(73)55-51-47-16-12-8-4)87-70(75)57-53-49-45-42-39-36-33-30-27-24-21-18-14-10-6-2/h23-34,65-67,72H,5-22,35-64H2,1-4H3,(H,77,78)(H,79,80)/b26-23-,27-24-,28-25-,32-29-,33-30-,34-31-/t65-,66+,67+/m0/s1. The van der Waals surface area contributed by atoms with Gasteiger partial charge in [-0.2, -0.15) is 0 Å². The molecule has 90 heavy (non-hydrogen) atoms. The molecule has 0 aromatic heterocycles. The lowest BCUT2D eigenvalue weighted by Gasteiger charge is -2.21.